The molecule has 52 heavy (non-hydrogen) atoms. The molecule has 0 saturated carbocycles. The van der Waals surface area contributed by atoms with Gasteiger partial charge in [0.25, 0.3) is 0 Å². The van der Waals surface area contributed by atoms with Crippen LogP contribution in [-0.2, 0) is 0 Å². The molecule has 0 atom stereocenters. The van der Waals surface area contributed by atoms with Gasteiger partial charge in [-0.15, -0.1) is 0 Å². The van der Waals surface area contributed by atoms with Gasteiger partial charge in [0.15, 0.2) is 0 Å². The fourth-order valence-electron chi connectivity index (χ4n) is 7.67. The molecule has 0 bridgehead atoms. The van der Waals surface area contributed by atoms with Crippen molar-refractivity contribution in [2.24, 2.45) is 0 Å². The van der Waals surface area contributed by atoms with Crippen molar-refractivity contribution in [1.82, 2.24) is 14.1 Å². The van der Waals surface area contributed by atoms with E-state index in [1.54, 1.807) is 0 Å². The molecule has 244 valence electrons. The smallest absolute Gasteiger partial charge is 0.0730 e. The van der Waals surface area contributed by atoms with Crippen molar-refractivity contribution < 1.29 is 0 Å². The number of hydrogen-bond acceptors (Lipinski definition) is 1. The fourth-order valence-corrected chi connectivity index (χ4v) is 7.67. The van der Waals surface area contributed by atoms with Gasteiger partial charge in [-0.2, -0.15) is 0 Å². The second kappa shape index (κ2) is 12.4. The number of para-hydroxylation sites is 3. The first-order valence-electron chi connectivity index (χ1n) is 17.7. The van der Waals surface area contributed by atoms with E-state index < -0.39 is 0 Å². The van der Waals surface area contributed by atoms with Crippen LogP contribution in [0.4, 0.5) is 0 Å². The van der Waals surface area contributed by atoms with Crippen LogP contribution in [0.5, 0.6) is 0 Å². The molecule has 0 radical (unpaired) electrons. The van der Waals surface area contributed by atoms with E-state index in [9.17, 15) is 0 Å². The maximum Gasteiger partial charge on any atom is 0.0730 e. The van der Waals surface area contributed by atoms with E-state index in [0.717, 1.165) is 50.7 Å². The SMILES string of the molecule is c1ccc(-c2cc(-n3c(-c4cccc(-c5ccc(-n6c7ccccc7c7ccccc76)cc5)c4)cc4ccccc43)cc(-c3ccccc3)n2)cc1. The zero-order valence-corrected chi connectivity index (χ0v) is 28.4. The lowest BCUT2D eigenvalue weighted by atomic mass is 10.0. The van der Waals surface area contributed by atoms with Gasteiger partial charge in [-0.1, -0.05) is 146 Å². The van der Waals surface area contributed by atoms with Crippen LogP contribution in [0.2, 0.25) is 0 Å². The summed E-state index contributed by atoms with van der Waals surface area (Å²) in [6, 6.07) is 71.5. The van der Waals surface area contributed by atoms with Crippen molar-refractivity contribution in [2.45, 2.75) is 0 Å². The third-order valence-corrected chi connectivity index (χ3v) is 10.1. The third kappa shape index (κ3) is 5.10. The lowest BCUT2D eigenvalue weighted by Gasteiger charge is -2.16. The Kier molecular flexibility index (Phi) is 7.14. The quantitative estimate of drug-likeness (QED) is 0.174. The Labute approximate surface area is 302 Å². The van der Waals surface area contributed by atoms with Crippen LogP contribution in [0.25, 0.3) is 89.0 Å². The van der Waals surface area contributed by atoms with E-state index in [0.29, 0.717) is 0 Å². The molecule has 3 nitrogen and oxygen atoms in total. The van der Waals surface area contributed by atoms with Crippen molar-refractivity contribution in [3.8, 4) is 56.3 Å². The summed E-state index contributed by atoms with van der Waals surface area (Å²) in [5.74, 6) is 0. The maximum absolute atomic E-state index is 5.16. The van der Waals surface area contributed by atoms with Crippen molar-refractivity contribution in [2.75, 3.05) is 0 Å². The number of nitrogens with zero attached hydrogens (tertiary/aromatic N) is 3. The highest BCUT2D eigenvalue weighted by atomic mass is 15.0. The lowest BCUT2D eigenvalue weighted by molar-refractivity contribution is 1.12. The van der Waals surface area contributed by atoms with E-state index >= 15 is 0 Å². The maximum atomic E-state index is 5.16. The summed E-state index contributed by atoms with van der Waals surface area (Å²) in [4.78, 5) is 5.16. The third-order valence-electron chi connectivity index (χ3n) is 10.1. The first-order chi connectivity index (χ1) is 25.8. The molecule has 3 aromatic heterocycles. The van der Waals surface area contributed by atoms with Gasteiger partial charge in [0.2, 0.25) is 0 Å². The second-order valence-electron chi connectivity index (χ2n) is 13.2. The zero-order chi connectivity index (χ0) is 34.4. The topological polar surface area (TPSA) is 22.8 Å². The van der Waals surface area contributed by atoms with Gasteiger partial charge in [-0.3, -0.25) is 0 Å². The van der Waals surface area contributed by atoms with Crippen LogP contribution >= 0.6 is 0 Å². The molecule has 0 aliphatic carbocycles. The Hall–Kier alpha value is -6.97. The molecule has 10 aromatic rings. The number of pyridine rings is 1. The Morgan fingerprint density at radius 3 is 1.46 bits per heavy atom. The number of hydrogen-bond donors (Lipinski definition) is 0. The van der Waals surface area contributed by atoms with Crippen LogP contribution in [0, 0.1) is 0 Å². The molecule has 7 aromatic carbocycles. The Morgan fingerprint density at radius 2 is 0.827 bits per heavy atom. The van der Waals surface area contributed by atoms with E-state index in [1.165, 1.54) is 38.3 Å². The summed E-state index contributed by atoms with van der Waals surface area (Å²) >= 11 is 0. The summed E-state index contributed by atoms with van der Waals surface area (Å²) in [5, 5.41) is 3.73. The van der Waals surface area contributed by atoms with E-state index in [1.807, 2.05) is 12.1 Å². The minimum atomic E-state index is 0.942. The number of aromatic nitrogens is 3. The van der Waals surface area contributed by atoms with Gasteiger partial charge in [-0.05, 0) is 71.3 Å². The van der Waals surface area contributed by atoms with Crippen molar-refractivity contribution in [3.63, 3.8) is 0 Å². The molecule has 0 aliphatic rings. The molecule has 0 N–H and O–H groups in total. The average molecular weight is 664 g/mol. The first-order valence-corrected chi connectivity index (χ1v) is 17.7. The van der Waals surface area contributed by atoms with Gasteiger partial charge in [0, 0.05) is 33.0 Å². The lowest BCUT2D eigenvalue weighted by Crippen LogP contribution is -2.00. The van der Waals surface area contributed by atoms with Crippen LogP contribution in [0.1, 0.15) is 0 Å². The average Bonchev–Trinajstić information content (AvgIpc) is 3.78. The molecule has 3 heteroatoms. The van der Waals surface area contributed by atoms with Crippen molar-refractivity contribution >= 4 is 32.7 Å². The number of rotatable bonds is 6. The monoisotopic (exact) mass is 663 g/mol. The normalized spacial score (nSPS) is 11.5. The minimum Gasteiger partial charge on any atom is -0.309 e. The summed E-state index contributed by atoms with van der Waals surface area (Å²) in [5.41, 5.74) is 14.5. The zero-order valence-electron chi connectivity index (χ0n) is 28.4. The van der Waals surface area contributed by atoms with Crippen LogP contribution in [-0.4, -0.2) is 14.1 Å². The Bertz CT molecular complexity index is 2770. The van der Waals surface area contributed by atoms with Gasteiger partial charge < -0.3 is 9.13 Å². The largest absolute Gasteiger partial charge is 0.309 e. The molecule has 0 aliphatic heterocycles. The number of benzene rings is 7. The summed E-state index contributed by atoms with van der Waals surface area (Å²) < 4.78 is 4.76. The summed E-state index contributed by atoms with van der Waals surface area (Å²) in [6.45, 7) is 0. The molecule has 0 fully saturated rings. The fraction of sp³-hybridized carbons (Fsp3) is 0. The Balaban J connectivity index is 1.10. The summed E-state index contributed by atoms with van der Waals surface area (Å²) in [6.07, 6.45) is 0. The van der Waals surface area contributed by atoms with Crippen molar-refractivity contribution in [3.05, 3.63) is 200 Å². The Morgan fingerprint density at radius 1 is 0.308 bits per heavy atom. The molecule has 10 rings (SSSR count). The summed E-state index contributed by atoms with van der Waals surface area (Å²) in [7, 11) is 0. The predicted octanol–water partition coefficient (Wildman–Crippen LogP) is 12.8. The molecular weight excluding hydrogens is 631 g/mol. The van der Waals surface area contributed by atoms with Gasteiger partial charge in [0.05, 0.1) is 39.3 Å². The second-order valence-corrected chi connectivity index (χ2v) is 13.2. The van der Waals surface area contributed by atoms with Crippen LogP contribution < -0.4 is 0 Å². The van der Waals surface area contributed by atoms with Crippen LogP contribution in [0.3, 0.4) is 0 Å². The highest BCUT2D eigenvalue weighted by molar-refractivity contribution is 6.09. The van der Waals surface area contributed by atoms with Gasteiger partial charge in [-0.25, -0.2) is 4.98 Å². The highest BCUT2D eigenvalue weighted by Crippen LogP contribution is 2.37. The molecule has 0 spiro atoms. The van der Waals surface area contributed by atoms with E-state index in [2.05, 4.69) is 197 Å². The molecule has 0 saturated heterocycles. The molecule has 0 amide bonds. The molecular formula is C49H33N3. The molecule has 3 heterocycles. The first kappa shape index (κ1) is 29.9. The van der Waals surface area contributed by atoms with Crippen LogP contribution in [0.15, 0.2) is 200 Å². The van der Waals surface area contributed by atoms with Crippen molar-refractivity contribution in [1.29, 1.82) is 0 Å². The van der Waals surface area contributed by atoms with E-state index in [-0.39, 0.29) is 0 Å². The predicted molar refractivity (Wildman–Crippen MR) is 217 cm³/mol. The van der Waals surface area contributed by atoms with Gasteiger partial charge >= 0.3 is 0 Å². The molecule has 0 unspecified atom stereocenters. The number of fused-ring (bicyclic) bond motifs is 4. The minimum absolute atomic E-state index is 0.942. The highest BCUT2D eigenvalue weighted by Gasteiger charge is 2.17. The van der Waals surface area contributed by atoms with E-state index in [4.69, 9.17) is 4.98 Å². The van der Waals surface area contributed by atoms with Gasteiger partial charge in [0.1, 0.15) is 0 Å². The standard InChI is InChI=1S/C49H33N3/c1-3-14-35(15-4-1)44-32-41(33-45(50-44)36-16-5-2-6-17-36)52-46-23-10-7-18-39(46)31-49(52)38-20-13-19-37(30-38)34-26-28-40(29-27-34)51-47-24-11-8-21-42(47)43-22-9-12-25-48(43)51/h1-33H.